The van der Waals surface area contributed by atoms with Gasteiger partial charge in [-0.3, -0.25) is 0 Å². The lowest BCUT2D eigenvalue weighted by molar-refractivity contribution is 0.490. The van der Waals surface area contributed by atoms with Gasteiger partial charge in [-0.1, -0.05) is 12.1 Å². The summed E-state index contributed by atoms with van der Waals surface area (Å²) in [6, 6.07) is 7.30. The highest BCUT2D eigenvalue weighted by Crippen LogP contribution is 2.37. The molecule has 21 heavy (non-hydrogen) atoms. The van der Waals surface area contributed by atoms with Crippen LogP contribution in [0.5, 0.6) is 0 Å². The summed E-state index contributed by atoms with van der Waals surface area (Å²) < 4.78 is 26.1. The lowest BCUT2D eigenvalue weighted by Crippen LogP contribution is -2.34. The Morgan fingerprint density at radius 3 is 2.52 bits per heavy atom. The fourth-order valence-electron chi connectivity index (χ4n) is 2.52. The standard InChI is InChI=1S/C15H24N2O2S2/c1-12(17-11-15(2)9-4-10-20-15)13-5-7-14(8-6-13)21(18,19)16-3/h5-8,12,16-17H,4,9-11H2,1-3H3/t12-,15-/m0/s1. The maximum atomic E-state index is 11.7. The SMILES string of the molecule is CNS(=O)(=O)c1ccc([C@H](C)NC[C@]2(C)CCCS2)cc1. The second kappa shape index (κ2) is 6.69. The zero-order valence-corrected chi connectivity index (χ0v) is 14.5. The molecule has 2 rings (SSSR count). The van der Waals surface area contributed by atoms with Crippen molar-refractivity contribution in [2.45, 2.75) is 42.4 Å². The number of thioether (sulfide) groups is 1. The van der Waals surface area contributed by atoms with Crippen LogP contribution in [-0.2, 0) is 10.0 Å². The monoisotopic (exact) mass is 328 g/mol. The van der Waals surface area contributed by atoms with Crippen molar-refractivity contribution in [1.82, 2.24) is 10.0 Å². The van der Waals surface area contributed by atoms with Crippen molar-refractivity contribution in [3.05, 3.63) is 29.8 Å². The van der Waals surface area contributed by atoms with E-state index in [1.165, 1.54) is 25.6 Å². The predicted molar refractivity (Wildman–Crippen MR) is 89.2 cm³/mol. The molecule has 1 aromatic carbocycles. The van der Waals surface area contributed by atoms with Crippen LogP contribution in [0.1, 0.15) is 38.3 Å². The smallest absolute Gasteiger partial charge is 0.240 e. The molecule has 1 aliphatic rings. The molecule has 118 valence electrons. The minimum absolute atomic E-state index is 0.217. The minimum Gasteiger partial charge on any atom is -0.309 e. The molecular weight excluding hydrogens is 304 g/mol. The Balaban J connectivity index is 1.98. The summed E-state index contributed by atoms with van der Waals surface area (Å²) in [6.45, 7) is 5.41. The Morgan fingerprint density at radius 1 is 1.33 bits per heavy atom. The van der Waals surface area contributed by atoms with E-state index in [0.29, 0.717) is 9.64 Å². The average Bonchev–Trinajstić information content (AvgIpc) is 2.92. The van der Waals surface area contributed by atoms with Gasteiger partial charge >= 0.3 is 0 Å². The molecule has 0 aromatic heterocycles. The predicted octanol–water partition coefficient (Wildman–Crippen LogP) is 2.53. The van der Waals surface area contributed by atoms with Crippen molar-refractivity contribution in [1.29, 1.82) is 0 Å². The van der Waals surface area contributed by atoms with Gasteiger partial charge in [0.2, 0.25) is 10.0 Å². The number of benzene rings is 1. The Bertz CT molecular complexity index is 564. The molecule has 0 aliphatic carbocycles. The van der Waals surface area contributed by atoms with Gasteiger partial charge in [0.05, 0.1) is 4.90 Å². The molecular formula is C15H24N2O2S2. The first-order valence-corrected chi connectivity index (χ1v) is 9.74. The number of nitrogens with one attached hydrogen (secondary N) is 2. The van der Waals surface area contributed by atoms with Gasteiger partial charge in [-0.2, -0.15) is 11.8 Å². The second-order valence-corrected chi connectivity index (χ2v) is 9.35. The summed E-state index contributed by atoms with van der Waals surface area (Å²) in [4.78, 5) is 0.305. The third-order valence-corrected chi connectivity index (χ3v) is 7.01. The van der Waals surface area contributed by atoms with E-state index < -0.39 is 10.0 Å². The van der Waals surface area contributed by atoms with Gasteiger partial charge in [0.15, 0.2) is 0 Å². The van der Waals surface area contributed by atoms with Gasteiger partial charge in [-0.05, 0) is 57.2 Å². The molecule has 1 fully saturated rings. The normalized spacial score (nSPS) is 24.1. The largest absolute Gasteiger partial charge is 0.309 e. The Kier molecular flexibility index (Phi) is 5.35. The summed E-state index contributed by atoms with van der Waals surface area (Å²) in [5.41, 5.74) is 1.11. The minimum atomic E-state index is -3.35. The zero-order valence-electron chi connectivity index (χ0n) is 12.8. The molecule has 0 amide bonds. The van der Waals surface area contributed by atoms with Gasteiger partial charge in [0, 0.05) is 17.3 Å². The summed E-state index contributed by atoms with van der Waals surface area (Å²) in [6.07, 6.45) is 2.56. The number of hydrogen-bond donors (Lipinski definition) is 2. The first-order valence-electron chi connectivity index (χ1n) is 7.27. The van der Waals surface area contributed by atoms with Gasteiger partial charge < -0.3 is 5.32 Å². The van der Waals surface area contributed by atoms with E-state index >= 15 is 0 Å². The maximum Gasteiger partial charge on any atom is 0.240 e. The third-order valence-electron chi connectivity index (χ3n) is 4.04. The van der Waals surface area contributed by atoms with Gasteiger partial charge in [0.25, 0.3) is 0 Å². The van der Waals surface area contributed by atoms with E-state index in [-0.39, 0.29) is 6.04 Å². The zero-order chi connectivity index (χ0) is 15.5. The Hall–Kier alpha value is -0.560. The average molecular weight is 329 g/mol. The molecule has 0 unspecified atom stereocenters. The highest BCUT2D eigenvalue weighted by molar-refractivity contribution is 8.00. The molecule has 6 heteroatoms. The van der Waals surface area contributed by atoms with Crippen molar-refractivity contribution in [2.75, 3.05) is 19.3 Å². The van der Waals surface area contributed by atoms with Crippen LogP contribution in [0.4, 0.5) is 0 Å². The summed E-state index contributed by atoms with van der Waals surface area (Å²) in [7, 11) is -1.93. The highest BCUT2D eigenvalue weighted by Gasteiger charge is 2.29. The second-order valence-electron chi connectivity index (χ2n) is 5.78. The molecule has 2 N–H and O–H groups in total. The Labute approximate surface area is 132 Å². The van der Waals surface area contributed by atoms with Crippen LogP contribution < -0.4 is 10.0 Å². The molecule has 0 saturated carbocycles. The van der Waals surface area contributed by atoms with E-state index in [4.69, 9.17) is 0 Å². The van der Waals surface area contributed by atoms with Gasteiger partial charge in [-0.25, -0.2) is 13.1 Å². The molecule has 0 spiro atoms. The molecule has 4 nitrogen and oxygen atoms in total. The van der Waals surface area contributed by atoms with Crippen LogP contribution in [0.2, 0.25) is 0 Å². The van der Waals surface area contributed by atoms with E-state index in [1.807, 2.05) is 23.9 Å². The summed E-state index contributed by atoms with van der Waals surface area (Å²) >= 11 is 2.04. The fourth-order valence-corrected chi connectivity index (χ4v) is 4.50. The molecule has 0 bridgehead atoms. The van der Waals surface area contributed by atoms with E-state index in [9.17, 15) is 8.42 Å². The topological polar surface area (TPSA) is 58.2 Å². The molecule has 0 radical (unpaired) electrons. The molecule has 1 heterocycles. The van der Waals surface area contributed by atoms with Crippen LogP contribution in [0.15, 0.2) is 29.2 Å². The highest BCUT2D eigenvalue weighted by atomic mass is 32.2. The fraction of sp³-hybridized carbons (Fsp3) is 0.600. The molecule has 1 aliphatic heterocycles. The first kappa shape index (κ1) is 16.8. The molecule has 1 aromatic rings. The number of rotatable bonds is 6. The van der Waals surface area contributed by atoms with Crippen LogP contribution in [0.3, 0.4) is 0 Å². The van der Waals surface area contributed by atoms with Crippen LogP contribution in [-0.4, -0.2) is 32.5 Å². The van der Waals surface area contributed by atoms with E-state index in [1.54, 1.807) is 12.1 Å². The van der Waals surface area contributed by atoms with Gasteiger partial charge in [0.1, 0.15) is 0 Å². The van der Waals surface area contributed by atoms with Crippen molar-refractivity contribution >= 4 is 21.8 Å². The van der Waals surface area contributed by atoms with Crippen molar-refractivity contribution in [2.24, 2.45) is 0 Å². The summed E-state index contributed by atoms with van der Waals surface area (Å²) in [5.74, 6) is 1.25. The van der Waals surface area contributed by atoms with Crippen molar-refractivity contribution in [3.8, 4) is 0 Å². The lowest BCUT2D eigenvalue weighted by Gasteiger charge is -2.26. The first-order chi connectivity index (χ1) is 9.86. The number of sulfonamides is 1. The molecule has 1 saturated heterocycles. The van der Waals surface area contributed by atoms with E-state index in [0.717, 1.165) is 12.1 Å². The van der Waals surface area contributed by atoms with Crippen LogP contribution in [0, 0.1) is 0 Å². The van der Waals surface area contributed by atoms with Gasteiger partial charge in [-0.15, -0.1) is 0 Å². The lowest BCUT2D eigenvalue weighted by atomic mass is 10.0. The summed E-state index contributed by atoms with van der Waals surface area (Å²) in [5, 5.41) is 3.57. The van der Waals surface area contributed by atoms with Crippen LogP contribution in [0.25, 0.3) is 0 Å². The number of hydrogen-bond acceptors (Lipinski definition) is 4. The van der Waals surface area contributed by atoms with E-state index in [2.05, 4.69) is 23.9 Å². The quantitative estimate of drug-likeness (QED) is 0.842. The third kappa shape index (κ3) is 4.22. The Morgan fingerprint density at radius 2 is 2.00 bits per heavy atom. The van der Waals surface area contributed by atoms with Crippen LogP contribution >= 0.6 is 11.8 Å². The maximum absolute atomic E-state index is 11.7. The molecule has 2 atom stereocenters. The van der Waals surface area contributed by atoms with Crippen molar-refractivity contribution < 1.29 is 8.42 Å². The van der Waals surface area contributed by atoms with Crippen molar-refractivity contribution in [3.63, 3.8) is 0 Å².